The quantitative estimate of drug-likeness (QED) is 0.816. The van der Waals surface area contributed by atoms with Gasteiger partial charge in [-0.2, -0.15) is 0 Å². The van der Waals surface area contributed by atoms with Gasteiger partial charge in [0.1, 0.15) is 17.1 Å². The van der Waals surface area contributed by atoms with Crippen LogP contribution in [0.2, 0.25) is 0 Å². The molecule has 1 unspecified atom stereocenters. The Morgan fingerprint density at radius 2 is 2.29 bits per heavy atom. The number of carbonyl (C=O) groups is 1. The second-order valence-electron chi connectivity index (χ2n) is 6.00. The van der Waals surface area contributed by atoms with Crippen LogP contribution >= 0.6 is 0 Å². The zero-order valence-electron chi connectivity index (χ0n) is 12.9. The number of nitrogens with two attached hydrogens (primary N) is 1. The lowest BCUT2D eigenvalue weighted by Gasteiger charge is -2.36. The maximum absolute atomic E-state index is 11.1. The molecule has 1 heterocycles. The molecule has 0 saturated carbocycles. The molecule has 0 bridgehead atoms. The van der Waals surface area contributed by atoms with Crippen molar-refractivity contribution in [2.24, 2.45) is 5.73 Å². The zero-order chi connectivity index (χ0) is 15.5. The highest BCUT2D eigenvalue weighted by atomic mass is 16.5. The SMILES string of the molecule is CNC(=O)CCCOc1ccc2c(c1)OC(C)(C)CC2N. The molecule has 0 fully saturated rings. The van der Waals surface area contributed by atoms with Crippen LogP contribution in [-0.2, 0) is 4.79 Å². The van der Waals surface area contributed by atoms with Crippen LogP contribution in [0, 0.1) is 0 Å². The van der Waals surface area contributed by atoms with Gasteiger partial charge in [-0.1, -0.05) is 6.07 Å². The highest BCUT2D eigenvalue weighted by Gasteiger charge is 2.31. The van der Waals surface area contributed by atoms with Crippen LogP contribution in [0.15, 0.2) is 18.2 Å². The molecule has 0 aromatic heterocycles. The third-order valence-electron chi connectivity index (χ3n) is 3.58. The van der Waals surface area contributed by atoms with E-state index in [4.69, 9.17) is 15.2 Å². The summed E-state index contributed by atoms with van der Waals surface area (Å²) in [6.07, 6.45) is 1.95. The largest absolute Gasteiger partial charge is 0.493 e. The fourth-order valence-electron chi connectivity index (χ4n) is 2.53. The predicted octanol–water partition coefficient (Wildman–Crippen LogP) is 2.15. The van der Waals surface area contributed by atoms with E-state index >= 15 is 0 Å². The molecule has 0 aliphatic carbocycles. The molecular weight excluding hydrogens is 268 g/mol. The summed E-state index contributed by atoms with van der Waals surface area (Å²) in [5.74, 6) is 1.57. The summed E-state index contributed by atoms with van der Waals surface area (Å²) in [6, 6.07) is 5.74. The van der Waals surface area contributed by atoms with Gasteiger partial charge in [-0.05, 0) is 26.3 Å². The van der Waals surface area contributed by atoms with Crippen LogP contribution in [0.25, 0.3) is 0 Å². The maximum atomic E-state index is 11.1. The summed E-state index contributed by atoms with van der Waals surface area (Å²) in [5.41, 5.74) is 6.94. The van der Waals surface area contributed by atoms with Gasteiger partial charge in [0.15, 0.2) is 0 Å². The lowest BCUT2D eigenvalue weighted by atomic mass is 9.90. The minimum Gasteiger partial charge on any atom is -0.493 e. The predicted molar refractivity (Wildman–Crippen MR) is 81.5 cm³/mol. The van der Waals surface area contributed by atoms with E-state index in [1.807, 2.05) is 32.0 Å². The normalized spacial score (nSPS) is 19.3. The number of benzene rings is 1. The molecule has 0 spiro atoms. The van der Waals surface area contributed by atoms with Crippen LogP contribution in [0.4, 0.5) is 0 Å². The lowest BCUT2D eigenvalue weighted by molar-refractivity contribution is -0.120. The van der Waals surface area contributed by atoms with Gasteiger partial charge < -0.3 is 20.5 Å². The summed E-state index contributed by atoms with van der Waals surface area (Å²) in [7, 11) is 1.63. The van der Waals surface area contributed by atoms with E-state index in [-0.39, 0.29) is 17.6 Å². The van der Waals surface area contributed by atoms with Crippen molar-refractivity contribution in [1.82, 2.24) is 5.32 Å². The molecule has 1 aromatic rings. The summed E-state index contributed by atoms with van der Waals surface area (Å²) >= 11 is 0. The molecule has 1 atom stereocenters. The van der Waals surface area contributed by atoms with E-state index < -0.39 is 0 Å². The Hall–Kier alpha value is -1.75. The molecule has 21 heavy (non-hydrogen) atoms. The topological polar surface area (TPSA) is 73.6 Å². The highest BCUT2D eigenvalue weighted by Crippen LogP contribution is 2.39. The molecule has 1 aromatic carbocycles. The van der Waals surface area contributed by atoms with Crippen molar-refractivity contribution in [2.75, 3.05) is 13.7 Å². The Bertz CT molecular complexity index is 514. The molecule has 0 radical (unpaired) electrons. The van der Waals surface area contributed by atoms with Crippen molar-refractivity contribution in [2.45, 2.75) is 44.8 Å². The number of fused-ring (bicyclic) bond motifs is 1. The number of hydrogen-bond acceptors (Lipinski definition) is 4. The van der Waals surface area contributed by atoms with Gasteiger partial charge in [0, 0.05) is 37.6 Å². The van der Waals surface area contributed by atoms with Crippen molar-refractivity contribution in [3.63, 3.8) is 0 Å². The number of carbonyl (C=O) groups excluding carboxylic acids is 1. The van der Waals surface area contributed by atoms with Crippen molar-refractivity contribution >= 4 is 5.91 Å². The van der Waals surface area contributed by atoms with Crippen LogP contribution in [0.5, 0.6) is 11.5 Å². The summed E-state index contributed by atoms with van der Waals surface area (Å²) in [5, 5.41) is 2.59. The smallest absolute Gasteiger partial charge is 0.219 e. The van der Waals surface area contributed by atoms with E-state index in [1.54, 1.807) is 7.05 Å². The molecule has 1 aliphatic rings. The third-order valence-corrected chi connectivity index (χ3v) is 3.58. The molecule has 5 nitrogen and oxygen atoms in total. The van der Waals surface area contributed by atoms with Gasteiger partial charge in [0.25, 0.3) is 0 Å². The summed E-state index contributed by atoms with van der Waals surface area (Å²) < 4.78 is 11.6. The Kier molecular flexibility index (Phi) is 4.73. The number of ether oxygens (including phenoxy) is 2. The van der Waals surface area contributed by atoms with Gasteiger partial charge in [0.05, 0.1) is 6.61 Å². The van der Waals surface area contributed by atoms with E-state index in [1.165, 1.54) is 0 Å². The fraction of sp³-hybridized carbons (Fsp3) is 0.562. The van der Waals surface area contributed by atoms with E-state index in [0.29, 0.717) is 19.4 Å². The molecule has 1 amide bonds. The van der Waals surface area contributed by atoms with Crippen LogP contribution < -0.4 is 20.5 Å². The molecule has 1 aliphatic heterocycles. The van der Waals surface area contributed by atoms with Gasteiger partial charge in [-0.3, -0.25) is 4.79 Å². The number of amides is 1. The Morgan fingerprint density at radius 1 is 1.52 bits per heavy atom. The average molecular weight is 292 g/mol. The Balaban J connectivity index is 1.96. The first-order valence-corrected chi connectivity index (χ1v) is 7.33. The minimum atomic E-state index is -0.260. The van der Waals surface area contributed by atoms with Gasteiger partial charge in [-0.25, -0.2) is 0 Å². The van der Waals surface area contributed by atoms with Gasteiger partial charge in [0.2, 0.25) is 5.91 Å². The second kappa shape index (κ2) is 6.35. The highest BCUT2D eigenvalue weighted by molar-refractivity contribution is 5.75. The fourth-order valence-corrected chi connectivity index (χ4v) is 2.53. The Labute approximate surface area is 125 Å². The van der Waals surface area contributed by atoms with Crippen LogP contribution in [0.1, 0.15) is 44.7 Å². The number of rotatable bonds is 5. The average Bonchev–Trinajstić information content (AvgIpc) is 2.41. The maximum Gasteiger partial charge on any atom is 0.219 e. The van der Waals surface area contributed by atoms with Gasteiger partial charge in [-0.15, -0.1) is 0 Å². The number of hydrogen-bond donors (Lipinski definition) is 2. The van der Waals surface area contributed by atoms with Crippen LogP contribution in [-0.4, -0.2) is 25.2 Å². The second-order valence-corrected chi connectivity index (χ2v) is 6.00. The monoisotopic (exact) mass is 292 g/mol. The van der Waals surface area contributed by atoms with E-state index in [2.05, 4.69) is 5.32 Å². The van der Waals surface area contributed by atoms with Crippen LogP contribution in [0.3, 0.4) is 0 Å². The van der Waals surface area contributed by atoms with Crippen molar-refractivity contribution in [1.29, 1.82) is 0 Å². The summed E-state index contributed by atoms with van der Waals surface area (Å²) in [4.78, 5) is 11.1. The molecule has 0 saturated heterocycles. The van der Waals surface area contributed by atoms with E-state index in [9.17, 15) is 4.79 Å². The zero-order valence-corrected chi connectivity index (χ0v) is 12.9. The molecule has 5 heteroatoms. The van der Waals surface area contributed by atoms with Gasteiger partial charge >= 0.3 is 0 Å². The van der Waals surface area contributed by atoms with Crippen molar-refractivity contribution in [3.05, 3.63) is 23.8 Å². The lowest BCUT2D eigenvalue weighted by Crippen LogP contribution is -2.37. The first-order chi connectivity index (χ1) is 9.91. The number of nitrogens with one attached hydrogen (secondary N) is 1. The summed E-state index contributed by atoms with van der Waals surface area (Å²) in [6.45, 7) is 4.57. The van der Waals surface area contributed by atoms with E-state index in [0.717, 1.165) is 23.5 Å². The minimum absolute atomic E-state index is 0.00829. The van der Waals surface area contributed by atoms with Crippen molar-refractivity contribution < 1.29 is 14.3 Å². The molecular formula is C16H24N2O3. The third kappa shape index (κ3) is 4.11. The first kappa shape index (κ1) is 15.6. The molecule has 116 valence electrons. The molecule has 3 N–H and O–H groups in total. The Morgan fingerprint density at radius 3 is 3.00 bits per heavy atom. The van der Waals surface area contributed by atoms with Crippen molar-refractivity contribution in [3.8, 4) is 11.5 Å². The molecule has 2 rings (SSSR count). The first-order valence-electron chi connectivity index (χ1n) is 7.33. The standard InChI is InChI=1S/C16H24N2O3/c1-16(2)10-13(17)12-7-6-11(9-14(12)21-16)20-8-4-5-15(19)18-3/h6-7,9,13H,4-5,8,10,17H2,1-3H3,(H,18,19).